The molecule has 0 fully saturated rings. The summed E-state index contributed by atoms with van der Waals surface area (Å²) in [5.74, 6) is 0. The van der Waals surface area contributed by atoms with Crippen molar-refractivity contribution in [2.24, 2.45) is 10.4 Å². The number of rotatable bonds is 6. The molecule has 0 aromatic carbocycles. The van der Waals surface area contributed by atoms with Crippen molar-refractivity contribution in [2.45, 2.75) is 32.2 Å². The molecule has 0 N–H and O–H groups in total. The average Bonchev–Trinajstić information content (AvgIpc) is 1.99. The van der Waals surface area contributed by atoms with Crippen LogP contribution in [0.15, 0.2) is 10.4 Å². The van der Waals surface area contributed by atoms with Crippen LogP contribution in [0, 0.1) is 9.81 Å². The lowest BCUT2D eigenvalue weighted by molar-refractivity contribution is 0.571. The van der Waals surface area contributed by atoms with Crippen molar-refractivity contribution < 1.29 is 0 Å². The molecule has 0 saturated carbocycles. The summed E-state index contributed by atoms with van der Waals surface area (Å²) in [5.41, 5.74) is 0. The first-order valence-electron chi connectivity index (χ1n) is 3.46. The van der Waals surface area contributed by atoms with Crippen molar-refractivity contribution >= 4 is 0 Å². The standard InChI is InChI=1S/C6H12N2O2/c1-2-6(8-10)4-3-5-7-9/h6H,2-5H2,1H3. The molecule has 0 bridgehead atoms. The van der Waals surface area contributed by atoms with Crippen molar-refractivity contribution in [2.75, 3.05) is 6.54 Å². The van der Waals surface area contributed by atoms with E-state index in [-0.39, 0.29) is 6.04 Å². The molecule has 4 heteroatoms. The van der Waals surface area contributed by atoms with E-state index >= 15 is 0 Å². The minimum Gasteiger partial charge on any atom is -0.151 e. The second kappa shape index (κ2) is 6.32. The maximum atomic E-state index is 9.97. The SMILES string of the molecule is CCC(CCCN=O)N=O. The molecule has 0 aliphatic carbocycles. The second-order valence-electron chi connectivity index (χ2n) is 2.16. The quantitative estimate of drug-likeness (QED) is 0.423. The Morgan fingerprint density at radius 3 is 2.50 bits per heavy atom. The monoisotopic (exact) mass is 144 g/mol. The van der Waals surface area contributed by atoms with Crippen LogP contribution in [0.3, 0.4) is 0 Å². The van der Waals surface area contributed by atoms with E-state index in [0.717, 1.165) is 6.42 Å². The Bertz CT molecular complexity index is 106. The molecule has 0 spiro atoms. The fourth-order valence-corrected chi connectivity index (χ4v) is 0.723. The third kappa shape index (κ3) is 4.12. The fraction of sp³-hybridized carbons (Fsp3) is 1.00. The van der Waals surface area contributed by atoms with Crippen LogP contribution in [-0.4, -0.2) is 12.6 Å². The van der Waals surface area contributed by atoms with Crippen LogP contribution in [0.2, 0.25) is 0 Å². The molecule has 0 radical (unpaired) electrons. The van der Waals surface area contributed by atoms with Gasteiger partial charge in [-0.05, 0) is 19.3 Å². The van der Waals surface area contributed by atoms with Crippen molar-refractivity contribution in [3.8, 4) is 0 Å². The average molecular weight is 144 g/mol. The van der Waals surface area contributed by atoms with Gasteiger partial charge >= 0.3 is 0 Å². The Hall–Kier alpha value is -0.800. The lowest BCUT2D eigenvalue weighted by Gasteiger charge is -2.01. The Kier molecular flexibility index (Phi) is 5.82. The highest BCUT2D eigenvalue weighted by atomic mass is 16.3. The first kappa shape index (κ1) is 9.20. The topological polar surface area (TPSA) is 58.9 Å². The molecule has 4 nitrogen and oxygen atoms in total. The maximum absolute atomic E-state index is 9.97. The maximum Gasteiger partial charge on any atom is 0.0917 e. The first-order valence-corrected chi connectivity index (χ1v) is 3.46. The van der Waals surface area contributed by atoms with Crippen LogP contribution in [0.1, 0.15) is 26.2 Å². The summed E-state index contributed by atoms with van der Waals surface area (Å²) in [6, 6.07) is -0.123. The van der Waals surface area contributed by atoms with E-state index in [4.69, 9.17) is 0 Å². The van der Waals surface area contributed by atoms with Crippen molar-refractivity contribution in [3.05, 3.63) is 9.81 Å². The van der Waals surface area contributed by atoms with Crippen LogP contribution in [0.5, 0.6) is 0 Å². The molecule has 58 valence electrons. The van der Waals surface area contributed by atoms with E-state index < -0.39 is 0 Å². The van der Waals surface area contributed by atoms with Gasteiger partial charge in [0.05, 0.1) is 12.6 Å². The van der Waals surface area contributed by atoms with Crippen LogP contribution in [0.4, 0.5) is 0 Å². The lowest BCUT2D eigenvalue weighted by atomic mass is 10.1. The van der Waals surface area contributed by atoms with Crippen LogP contribution < -0.4 is 0 Å². The van der Waals surface area contributed by atoms with Gasteiger partial charge in [0.25, 0.3) is 0 Å². The van der Waals surface area contributed by atoms with E-state index in [2.05, 4.69) is 10.4 Å². The van der Waals surface area contributed by atoms with E-state index in [1.165, 1.54) is 0 Å². The minimum atomic E-state index is -0.123. The number of nitroso groups, excluding NO2 is 2. The van der Waals surface area contributed by atoms with Gasteiger partial charge in [-0.2, -0.15) is 9.81 Å². The summed E-state index contributed by atoms with van der Waals surface area (Å²) in [5, 5.41) is 5.57. The summed E-state index contributed by atoms with van der Waals surface area (Å²) < 4.78 is 0. The summed E-state index contributed by atoms with van der Waals surface area (Å²) in [4.78, 5) is 19.6. The lowest BCUT2D eigenvalue weighted by Crippen LogP contribution is -2.01. The first-order chi connectivity index (χ1) is 4.85. The van der Waals surface area contributed by atoms with E-state index in [1.54, 1.807) is 0 Å². The number of nitrogens with zero attached hydrogens (tertiary/aromatic N) is 2. The third-order valence-corrected chi connectivity index (χ3v) is 1.41. The highest BCUT2D eigenvalue weighted by Gasteiger charge is 2.03. The molecular formula is C6H12N2O2. The van der Waals surface area contributed by atoms with Crippen LogP contribution in [-0.2, 0) is 0 Å². The molecule has 1 unspecified atom stereocenters. The van der Waals surface area contributed by atoms with Crippen molar-refractivity contribution in [1.82, 2.24) is 0 Å². The molecule has 0 aliphatic heterocycles. The Labute approximate surface area is 60.0 Å². The van der Waals surface area contributed by atoms with Crippen molar-refractivity contribution in [3.63, 3.8) is 0 Å². The second-order valence-corrected chi connectivity index (χ2v) is 2.16. The molecule has 0 aromatic rings. The molecule has 0 rings (SSSR count). The van der Waals surface area contributed by atoms with Crippen LogP contribution >= 0.6 is 0 Å². The molecule has 0 aromatic heterocycles. The number of hydrogen-bond acceptors (Lipinski definition) is 4. The largest absolute Gasteiger partial charge is 0.151 e. The zero-order valence-corrected chi connectivity index (χ0v) is 6.12. The zero-order valence-electron chi connectivity index (χ0n) is 6.12. The highest BCUT2D eigenvalue weighted by Crippen LogP contribution is 2.05. The van der Waals surface area contributed by atoms with Gasteiger partial charge in [-0.15, -0.1) is 0 Å². The summed E-state index contributed by atoms with van der Waals surface area (Å²) in [6.45, 7) is 2.20. The van der Waals surface area contributed by atoms with E-state index in [9.17, 15) is 9.81 Å². The normalized spacial score (nSPS) is 12.5. The summed E-state index contributed by atoms with van der Waals surface area (Å²) in [7, 11) is 0. The van der Waals surface area contributed by atoms with Gasteiger partial charge in [0.15, 0.2) is 0 Å². The Morgan fingerprint density at radius 1 is 1.40 bits per heavy atom. The zero-order chi connectivity index (χ0) is 7.82. The van der Waals surface area contributed by atoms with E-state index in [0.29, 0.717) is 19.4 Å². The molecular weight excluding hydrogens is 132 g/mol. The summed E-state index contributed by atoms with van der Waals surface area (Å²) in [6.07, 6.45) is 2.11. The van der Waals surface area contributed by atoms with Gasteiger partial charge in [-0.25, -0.2) is 0 Å². The molecule has 1 atom stereocenters. The fourth-order valence-electron chi connectivity index (χ4n) is 0.723. The van der Waals surface area contributed by atoms with Gasteiger partial charge in [0.2, 0.25) is 0 Å². The van der Waals surface area contributed by atoms with Gasteiger partial charge < -0.3 is 0 Å². The van der Waals surface area contributed by atoms with E-state index in [1.807, 2.05) is 6.92 Å². The predicted octanol–water partition coefficient (Wildman–Crippen LogP) is 2.08. The minimum absolute atomic E-state index is 0.123. The van der Waals surface area contributed by atoms with Gasteiger partial charge in [-0.3, -0.25) is 0 Å². The molecule has 0 aliphatic rings. The molecule has 0 saturated heterocycles. The molecule has 10 heavy (non-hydrogen) atoms. The predicted molar refractivity (Wildman–Crippen MR) is 39.8 cm³/mol. The van der Waals surface area contributed by atoms with Gasteiger partial charge in [0, 0.05) is 0 Å². The van der Waals surface area contributed by atoms with Gasteiger partial charge in [0.1, 0.15) is 0 Å². The van der Waals surface area contributed by atoms with Crippen molar-refractivity contribution in [1.29, 1.82) is 0 Å². The highest BCUT2D eigenvalue weighted by molar-refractivity contribution is 4.63. The smallest absolute Gasteiger partial charge is 0.0917 e. The van der Waals surface area contributed by atoms with Gasteiger partial charge in [-0.1, -0.05) is 17.3 Å². The molecule has 0 heterocycles. The third-order valence-electron chi connectivity index (χ3n) is 1.41. The number of hydrogen-bond donors (Lipinski definition) is 0. The Balaban J connectivity index is 3.25. The molecule has 0 amide bonds. The van der Waals surface area contributed by atoms with Crippen LogP contribution in [0.25, 0.3) is 0 Å². The summed E-state index contributed by atoms with van der Waals surface area (Å²) >= 11 is 0. The Morgan fingerprint density at radius 2 is 2.10 bits per heavy atom.